The molecule has 0 aliphatic heterocycles. The van der Waals surface area contributed by atoms with Crippen molar-refractivity contribution in [3.63, 3.8) is 0 Å². The van der Waals surface area contributed by atoms with Crippen molar-refractivity contribution in [2.45, 2.75) is 52.5 Å². The number of esters is 1. The summed E-state index contributed by atoms with van der Waals surface area (Å²) >= 11 is 0. The smallest absolute Gasteiger partial charge is 0.326 e. The molecular weight excluding hydrogens is 218 g/mol. The molecule has 0 saturated heterocycles. The fourth-order valence-corrected chi connectivity index (χ4v) is 1.57. The largest absolute Gasteiger partial charge is 0.465 e. The van der Waals surface area contributed by atoms with Crippen molar-refractivity contribution in [1.82, 2.24) is 5.32 Å². The van der Waals surface area contributed by atoms with Crippen LogP contribution in [0.1, 0.15) is 47.0 Å². The van der Waals surface area contributed by atoms with Gasteiger partial charge >= 0.3 is 5.97 Å². The lowest BCUT2D eigenvalue weighted by Crippen LogP contribution is -2.51. The lowest BCUT2D eigenvalue weighted by molar-refractivity contribution is -0.151. The number of nitrogens with one attached hydrogen (secondary N) is 1. The molecule has 0 radical (unpaired) electrons. The average molecular weight is 245 g/mol. The van der Waals surface area contributed by atoms with Gasteiger partial charge in [0.25, 0.3) is 0 Å². The number of likely N-dealkylation sites (N-methyl/N-ethyl adjacent to an activating group) is 1. The van der Waals surface area contributed by atoms with E-state index in [2.05, 4.69) is 12.2 Å². The molecule has 4 nitrogen and oxygen atoms in total. The van der Waals surface area contributed by atoms with Crippen LogP contribution >= 0.6 is 0 Å². The van der Waals surface area contributed by atoms with Crippen molar-refractivity contribution in [2.75, 3.05) is 26.4 Å². The van der Waals surface area contributed by atoms with E-state index in [9.17, 15) is 4.79 Å². The predicted octanol–water partition coefficient (Wildman–Crippen LogP) is 2.12. The molecule has 0 aromatic carbocycles. The topological polar surface area (TPSA) is 47.6 Å². The summed E-state index contributed by atoms with van der Waals surface area (Å²) in [5, 5.41) is 3.18. The fraction of sp³-hybridized carbons (Fsp3) is 0.923. The van der Waals surface area contributed by atoms with E-state index in [-0.39, 0.29) is 5.97 Å². The van der Waals surface area contributed by atoms with Crippen LogP contribution in [0.3, 0.4) is 0 Å². The molecule has 4 heteroatoms. The van der Waals surface area contributed by atoms with E-state index in [1.807, 2.05) is 20.8 Å². The van der Waals surface area contributed by atoms with Crippen LogP contribution in [-0.4, -0.2) is 37.9 Å². The summed E-state index contributed by atoms with van der Waals surface area (Å²) in [5.74, 6) is -0.194. The molecule has 0 amide bonds. The maximum absolute atomic E-state index is 11.8. The standard InChI is InChI=1S/C13H27NO3/c1-5-8-10-16-11-9-13(4,14-6-2)12(15)17-7-3/h14H,5-11H2,1-4H3. The molecule has 1 N–H and O–H groups in total. The lowest BCUT2D eigenvalue weighted by Gasteiger charge is -2.27. The summed E-state index contributed by atoms with van der Waals surface area (Å²) in [6.07, 6.45) is 2.84. The lowest BCUT2D eigenvalue weighted by atomic mass is 9.98. The molecule has 0 aromatic rings. The number of hydrogen-bond acceptors (Lipinski definition) is 4. The molecule has 0 aliphatic carbocycles. The monoisotopic (exact) mass is 245 g/mol. The van der Waals surface area contributed by atoms with Gasteiger partial charge in [0, 0.05) is 13.2 Å². The van der Waals surface area contributed by atoms with Crippen molar-refractivity contribution >= 4 is 5.97 Å². The number of hydrogen-bond donors (Lipinski definition) is 1. The quantitative estimate of drug-likeness (QED) is 0.473. The van der Waals surface area contributed by atoms with Gasteiger partial charge in [0.05, 0.1) is 6.61 Å². The third-order valence-corrected chi connectivity index (χ3v) is 2.68. The molecule has 102 valence electrons. The molecule has 17 heavy (non-hydrogen) atoms. The Morgan fingerprint density at radius 1 is 1.24 bits per heavy atom. The van der Waals surface area contributed by atoms with E-state index in [0.29, 0.717) is 19.6 Å². The van der Waals surface area contributed by atoms with Crippen LogP contribution < -0.4 is 5.32 Å². The van der Waals surface area contributed by atoms with Crippen LogP contribution in [0.2, 0.25) is 0 Å². The SMILES string of the molecule is CCCCOCCC(C)(NCC)C(=O)OCC. The first-order valence-corrected chi connectivity index (χ1v) is 6.60. The highest BCUT2D eigenvalue weighted by Gasteiger charge is 2.33. The predicted molar refractivity (Wildman–Crippen MR) is 69.1 cm³/mol. The minimum atomic E-state index is -0.628. The molecule has 0 fully saturated rings. The van der Waals surface area contributed by atoms with E-state index in [4.69, 9.17) is 9.47 Å². The molecule has 0 bridgehead atoms. The summed E-state index contributed by atoms with van der Waals surface area (Å²) in [4.78, 5) is 11.8. The average Bonchev–Trinajstić information content (AvgIpc) is 2.29. The van der Waals surface area contributed by atoms with E-state index in [1.165, 1.54) is 0 Å². The van der Waals surface area contributed by atoms with Gasteiger partial charge in [-0.1, -0.05) is 20.3 Å². The van der Waals surface area contributed by atoms with Crippen molar-refractivity contribution in [3.05, 3.63) is 0 Å². The highest BCUT2D eigenvalue weighted by Crippen LogP contribution is 2.12. The van der Waals surface area contributed by atoms with Crippen molar-refractivity contribution in [3.8, 4) is 0 Å². The Labute approximate surface area is 105 Å². The Balaban J connectivity index is 4.07. The molecule has 0 heterocycles. The Hall–Kier alpha value is -0.610. The first kappa shape index (κ1) is 16.4. The van der Waals surface area contributed by atoms with Crippen molar-refractivity contribution in [1.29, 1.82) is 0 Å². The molecule has 0 aliphatic rings. The maximum Gasteiger partial charge on any atom is 0.326 e. The van der Waals surface area contributed by atoms with E-state index in [1.54, 1.807) is 0 Å². The summed E-state index contributed by atoms with van der Waals surface area (Å²) < 4.78 is 10.6. The maximum atomic E-state index is 11.8. The molecule has 0 spiro atoms. The summed E-state index contributed by atoms with van der Waals surface area (Å²) in [6.45, 7) is 10.3. The van der Waals surface area contributed by atoms with Gasteiger partial charge in [-0.15, -0.1) is 0 Å². The zero-order valence-corrected chi connectivity index (χ0v) is 11.7. The second-order valence-corrected chi connectivity index (χ2v) is 4.30. The van der Waals surface area contributed by atoms with Crippen LogP contribution in [0.15, 0.2) is 0 Å². The first-order chi connectivity index (χ1) is 8.10. The molecule has 1 atom stereocenters. The Morgan fingerprint density at radius 2 is 1.94 bits per heavy atom. The van der Waals surface area contributed by atoms with Gasteiger partial charge < -0.3 is 14.8 Å². The second kappa shape index (κ2) is 9.42. The fourth-order valence-electron chi connectivity index (χ4n) is 1.57. The van der Waals surface area contributed by atoms with Gasteiger partial charge in [-0.3, -0.25) is 4.79 Å². The van der Waals surface area contributed by atoms with Crippen molar-refractivity contribution < 1.29 is 14.3 Å². The minimum absolute atomic E-state index is 0.194. The van der Waals surface area contributed by atoms with E-state index < -0.39 is 5.54 Å². The summed E-state index contributed by atoms with van der Waals surface area (Å²) in [7, 11) is 0. The zero-order chi connectivity index (χ0) is 13.1. The van der Waals surface area contributed by atoms with Gasteiger partial charge in [-0.25, -0.2) is 0 Å². The third-order valence-electron chi connectivity index (χ3n) is 2.68. The van der Waals surface area contributed by atoms with E-state index >= 15 is 0 Å². The molecule has 0 rings (SSSR count). The van der Waals surface area contributed by atoms with Crippen LogP contribution in [0.25, 0.3) is 0 Å². The molecular formula is C13H27NO3. The summed E-state index contributed by atoms with van der Waals surface area (Å²) in [6, 6.07) is 0. The number of carbonyl (C=O) groups is 1. The normalized spacial score (nSPS) is 14.4. The number of ether oxygens (including phenoxy) is 2. The Kier molecular flexibility index (Phi) is 9.09. The second-order valence-electron chi connectivity index (χ2n) is 4.30. The number of unbranched alkanes of at least 4 members (excludes halogenated alkanes) is 1. The minimum Gasteiger partial charge on any atom is -0.465 e. The van der Waals surface area contributed by atoms with Gasteiger partial charge in [-0.05, 0) is 33.2 Å². The van der Waals surface area contributed by atoms with Gasteiger partial charge in [0.1, 0.15) is 5.54 Å². The van der Waals surface area contributed by atoms with Gasteiger partial charge in [-0.2, -0.15) is 0 Å². The van der Waals surface area contributed by atoms with Crippen LogP contribution in [0, 0.1) is 0 Å². The number of carbonyl (C=O) groups excluding carboxylic acids is 1. The van der Waals surface area contributed by atoms with E-state index in [0.717, 1.165) is 26.0 Å². The Morgan fingerprint density at radius 3 is 2.47 bits per heavy atom. The number of rotatable bonds is 10. The highest BCUT2D eigenvalue weighted by atomic mass is 16.5. The van der Waals surface area contributed by atoms with Gasteiger partial charge in [0.15, 0.2) is 0 Å². The molecule has 1 unspecified atom stereocenters. The first-order valence-electron chi connectivity index (χ1n) is 6.60. The molecule has 0 aromatic heterocycles. The van der Waals surface area contributed by atoms with Gasteiger partial charge in [0.2, 0.25) is 0 Å². The third kappa shape index (κ3) is 6.64. The van der Waals surface area contributed by atoms with Crippen LogP contribution in [0.5, 0.6) is 0 Å². The van der Waals surface area contributed by atoms with Crippen LogP contribution in [0.4, 0.5) is 0 Å². The molecule has 0 saturated carbocycles. The zero-order valence-electron chi connectivity index (χ0n) is 11.7. The Bertz CT molecular complexity index is 209. The summed E-state index contributed by atoms with van der Waals surface area (Å²) in [5.41, 5.74) is -0.628. The van der Waals surface area contributed by atoms with Crippen molar-refractivity contribution in [2.24, 2.45) is 0 Å². The highest BCUT2D eigenvalue weighted by molar-refractivity contribution is 5.80. The van der Waals surface area contributed by atoms with Crippen LogP contribution in [-0.2, 0) is 14.3 Å².